The van der Waals surface area contributed by atoms with E-state index in [0.717, 1.165) is 0 Å². The van der Waals surface area contributed by atoms with Gasteiger partial charge in [0.05, 0.1) is 18.2 Å². The molecular formula is C19H17NO6. The third-order valence-corrected chi connectivity index (χ3v) is 4.10. The Hall–Kier alpha value is -2.76. The molecule has 0 bridgehead atoms. The standard InChI is InChI=1S/C19H17NO6/c20-9-11-1-3-12(4-2-11)16(22)13-5-7-14(8-6-13)26-19-18(24)17(23)15(21)10-25-19/h1-8,15,17-19,21,23-24H,10H2/t15-,17+,18+,19-/m1/s1. The molecule has 4 atom stereocenters. The number of aliphatic hydroxyl groups is 3. The minimum absolute atomic E-state index is 0.155. The lowest BCUT2D eigenvalue weighted by molar-refractivity contribution is -0.242. The van der Waals surface area contributed by atoms with Crippen LogP contribution in [0.2, 0.25) is 0 Å². The van der Waals surface area contributed by atoms with E-state index in [1.807, 2.05) is 6.07 Å². The van der Waals surface area contributed by atoms with E-state index in [4.69, 9.17) is 14.7 Å². The van der Waals surface area contributed by atoms with Crippen LogP contribution in [-0.4, -0.2) is 52.3 Å². The molecule has 1 heterocycles. The van der Waals surface area contributed by atoms with Crippen molar-refractivity contribution in [3.63, 3.8) is 0 Å². The van der Waals surface area contributed by atoms with Crippen molar-refractivity contribution in [2.24, 2.45) is 0 Å². The number of nitrogens with zero attached hydrogens (tertiary/aromatic N) is 1. The lowest BCUT2D eigenvalue weighted by Crippen LogP contribution is -2.54. The van der Waals surface area contributed by atoms with E-state index in [1.54, 1.807) is 48.5 Å². The normalized spacial score (nSPS) is 25.3. The number of carbonyl (C=O) groups is 1. The van der Waals surface area contributed by atoms with Gasteiger partial charge in [0.25, 0.3) is 0 Å². The highest BCUT2D eigenvalue weighted by molar-refractivity contribution is 6.09. The van der Waals surface area contributed by atoms with Crippen LogP contribution < -0.4 is 4.74 Å². The number of benzene rings is 2. The second-order valence-corrected chi connectivity index (χ2v) is 5.91. The van der Waals surface area contributed by atoms with Crippen molar-refractivity contribution in [2.75, 3.05) is 6.61 Å². The molecule has 0 unspecified atom stereocenters. The van der Waals surface area contributed by atoms with Crippen molar-refractivity contribution in [1.82, 2.24) is 0 Å². The summed E-state index contributed by atoms with van der Waals surface area (Å²) in [7, 11) is 0. The second-order valence-electron chi connectivity index (χ2n) is 5.91. The Morgan fingerprint density at radius 1 is 1.00 bits per heavy atom. The van der Waals surface area contributed by atoms with E-state index in [0.29, 0.717) is 22.4 Å². The Morgan fingerprint density at radius 3 is 2.15 bits per heavy atom. The van der Waals surface area contributed by atoms with Crippen molar-refractivity contribution in [2.45, 2.75) is 24.6 Å². The first kappa shape index (κ1) is 18.0. The lowest BCUT2D eigenvalue weighted by Gasteiger charge is -2.34. The van der Waals surface area contributed by atoms with Crippen LogP contribution in [0.4, 0.5) is 0 Å². The van der Waals surface area contributed by atoms with Gasteiger partial charge in [0.15, 0.2) is 5.78 Å². The van der Waals surface area contributed by atoms with Crippen LogP contribution in [0, 0.1) is 11.3 Å². The molecule has 26 heavy (non-hydrogen) atoms. The molecule has 134 valence electrons. The summed E-state index contributed by atoms with van der Waals surface area (Å²) in [4.78, 5) is 12.4. The molecule has 0 amide bonds. The molecule has 3 rings (SSSR count). The van der Waals surface area contributed by atoms with E-state index in [9.17, 15) is 20.1 Å². The highest BCUT2D eigenvalue weighted by Crippen LogP contribution is 2.22. The highest BCUT2D eigenvalue weighted by Gasteiger charge is 2.38. The fourth-order valence-electron chi connectivity index (χ4n) is 2.56. The van der Waals surface area contributed by atoms with E-state index in [1.165, 1.54) is 0 Å². The molecule has 0 aromatic heterocycles. The van der Waals surface area contributed by atoms with E-state index < -0.39 is 24.6 Å². The second kappa shape index (κ2) is 7.64. The van der Waals surface area contributed by atoms with Gasteiger partial charge in [-0.25, -0.2) is 0 Å². The van der Waals surface area contributed by atoms with Crippen LogP contribution >= 0.6 is 0 Å². The van der Waals surface area contributed by atoms with Gasteiger partial charge in [-0.05, 0) is 48.5 Å². The minimum atomic E-state index is -1.39. The molecule has 1 fully saturated rings. The predicted octanol–water partition coefficient (Wildman–Crippen LogP) is 0.607. The van der Waals surface area contributed by atoms with Crippen molar-refractivity contribution >= 4 is 5.78 Å². The number of ether oxygens (including phenoxy) is 2. The van der Waals surface area contributed by atoms with E-state index in [-0.39, 0.29) is 12.4 Å². The van der Waals surface area contributed by atoms with Crippen LogP contribution in [0.1, 0.15) is 21.5 Å². The number of hydrogen-bond acceptors (Lipinski definition) is 7. The summed E-state index contributed by atoms with van der Waals surface area (Å²) < 4.78 is 10.6. The van der Waals surface area contributed by atoms with Crippen molar-refractivity contribution in [3.05, 3.63) is 65.2 Å². The van der Waals surface area contributed by atoms with Gasteiger partial charge in [-0.15, -0.1) is 0 Å². The number of hydrogen-bond donors (Lipinski definition) is 3. The summed E-state index contributed by atoms with van der Waals surface area (Å²) >= 11 is 0. The molecule has 0 saturated carbocycles. The van der Waals surface area contributed by atoms with Crippen molar-refractivity contribution < 1.29 is 29.6 Å². The third kappa shape index (κ3) is 3.74. The van der Waals surface area contributed by atoms with Crippen LogP contribution in [0.25, 0.3) is 0 Å². The Balaban J connectivity index is 1.68. The fraction of sp³-hybridized carbons (Fsp3) is 0.263. The minimum Gasteiger partial charge on any atom is -0.462 e. The molecule has 1 saturated heterocycles. The van der Waals surface area contributed by atoms with Crippen LogP contribution in [0.3, 0.4) is 0 Å². The topological polar surface area (TPSA) is 120 Å². The van der Waals surface area contributed by atoms with Gasteiger partial charge in [0.2, 0.25) is 6.29 Å². The largest absolute Gasteiger partial charge is 0.462 e. The summed E-state index contributed by atoms with van der Waals surface area (Å²) in [5, 5.41) is 37.7. The maximum Gasteiger partial charge on any atom is 0.228 e. The maximum atomic E-state index is 12.4. The Labute approximate surface area is 149 Å². The Bertz CT molecular complexity index is 811. The average molecular weight is 355 g/mol. The number of carbonyl (C=O) groups excluding carboxylic acids is 1. The van der Waals surface area contributed by atoms with Crippen LogP contribution in [0.5, 0.6) is 5.75 Å². The van der Waals surface area contributed by atoms with Gasteiger partial charge in [-0.2, -0.15) is 5.26 Å². The molecule has 1 aliphatic heterocycles. The summed E-state index contributed by atoms with van der Waals surface area (Å²) in [6.45, 7) is -0.155. The molecule has 0 radical (unpaired) electrons. The van der Waals surface area contributed by atoms with Crippen LogP contribution in [-0.2, 0) is 4.74 Å². The number of rotatable bonds is 4. The third-order valence-electron chi connectivity index (χ3n) is 4.10. The molecule has 0 spiro atoms. The summed E-state index contributed by atoms with van der Waals surface area (Å²) in [5.41, 5.74) is 1.37. The van der Waals surface area contributed by atoms with Gasteiger partial charge >= 0.3 is 0 Å². The zero-order valence-corrected chi connectivity index (χ0v) is 13.6. The van der Waals surface area contributed by atoms with Gasteiger partial charge in [0, 0.05) is 11.1 Å². The van der Waals surface area contributed by atoms with Gasteiger partial charge in [-0.3, -0.25) is 4.79 Å². The molecule has 3 N–H and O–H groups in total. The molecule has 7 heteroatoms. The number of nitriles is 1. The van der Waals surface area contributed by atoms with E-state index >= 15 is 0 Å². The summed E-state index contributed by atoms with van der Waals surface area (Å²) in [6, 6.07) is 14.5. The first-order valence-corrected chi connectivity index (χ1v) is 7.97. The van der Waals surface area contributed by atoms with E-state index in [2.05, 4.69) is 0 Å². The van der Waals surface area contributed by atoms with Crippen LogP contribution in [0.15, 0.2) is 48.5 Å². The van der Waals surface area contributed by atoms with Crippen molar-refractivity contribution in [3.8, 4) is 11.8 Å². The molecule has 0 aliphatic carbocycles. The summed E-state index contributed by atoms with van der Waals surface area (Å²) in [6.07, 6.45) is -5.03. The zero-order chi connectivity index (χ0) is 18.7. The predicted molar refractivity (Wildman–Crippen MR) is 89.4 cm³/mol. The molecule has 1 aliphatic rings. The molecular weight excluding hydrogens is 338 g/mol. The first-order chi connectivity index (χ1) is 12.5. The monoisotopic (exact) mass is 355 g/mol. The molecule has 2 aromatic carbocycles. The maximum absolute atomic E-state index is 12.4. The average Bonchev–Trinajstić information content (AvgIpc) is 2.68. The lowest BCUT2D eigenvalue weighted by atomic mass is 10.0. The number of aliphatic hydroxyl groups excluding tert-OH is 3. The fourth-order valence-corrected chi connectivity index (χ4v) is 2.56. The Kier molecular flexibility index (Phi) is 5.30. The highest BCUT2D eigenvalue weighted by atomic mass is 16.7. The van der Waals surface area contributed by atoms with Gasteiger partial charge in [0.1, 0.15) is 24.1 Å². The first-order valence-electron chi connectivity index (χ1n) is 7.97. The molecule has 2 aromatic rings. The summed E-state index contributed by atoms with van der Waals surface area (Å²) in [5.74, 6) is 0.141. The quantitative estimate of drug-likeness (QED) is 0.687. The smallest absolute Gasteiger partial charge is 0.228 e. The zero-order valence-electron chi connectivity index (χ0n) is 13.6. The number of ketones is 1. The molecule has 7 nitrogen and oxygen atoms in total. The SMILES string of the molecule is N#Cc1ccc(C(=O)c2ccc(O[C@H]3OC[C@@H](O)[C@H](O)[C@@H]3O)cc2)cc1. The van der Waals surface area contributed by atoms with Gasteiger partial charge < -0.3 is 24.8 Å². The van der Waals surface area contributed by atoms with Crippen molar-refractivity contribution in [1.29, 1.82) is 5.26 Å². The van der Waals surface area contributed by atoms with Gasteiger partial charge in [-0.1, -0.05) is 0 Å². The Morgan fingerprint density at radius 2 is 1.58 bits per heavy atom.